The van der Waals surface area contributed by atoms with Gasteiger partial charge in [-0.3, -0.25) is 4.99 Å². The number of rotatable bonds is 5. The zero-order valence-corrected chi connectivity index (χ0v) is 12.9. The Kier molecular flexibility index (Phi) is 5.43. The number of allylic oxidation sites excluding steroid dienone is 1. The summed E-state index contributed by atoms with van der Waals surface area (Å²) in [6.45, 7) is 4.95. The number of fused-ring (bicyclic) bond motifs is 1. The van der Waals surface area contributed by atoms with Crippen molar-refractivity contribution in [3.8, 4) is 0 Å². The number of aliphatic imine (C=N–C) groups is 1. The summed E-state index contributed by atoms with van der Waals surface area (Å²) in [4.78, 5) is 4.23. The molecule has 4 nitrogen and oxygen atoms in total. The van der Waals surface area contributed by atoms with Crippen LogP contribution in [0.2, 0.25) is 0 Å². The second-order valence-corrected chi connectivity index (χ2v) is 4.91. The number of hydrogen-bond acceptors (Lipinski definition) is 2. The zero-order valence-electron chi connectivity index (χ0n) is 12.9. The van der Waals surface area contributed by atoms with Crippen LogP contribution in [0.25, 0.3) is 11.0 Å². The molecule has 0 aliphatic heterocycles. The van der Waals surface area contributed by atoms with Gasteiger partial charge < -0.3 is 15.1 Å². The summed E-state index contributed by atoms with van der Waals surface area (Å²) in [6, 6.07) is 10.2. The van der Waals surface area contributed by atoms with Gasteiger partial charge in [0, 0.05) is 19.0 Å². The van der Waals surface area contributed by atoms with Gasteiger partial charge >= 0.3 is 0 Å². The van der Waals surface area contributed by atoms with Crippen LogP contribution in [-0.4, -0.2) is 19.6 Å². The monoisotopic (exact) mass is 285 g/mol. The van der Waals surface area contributed by atoms with Crippen molar-refractivity contribution in [1.29, 1.82) is 0 Å². The zero-order chi connectivity index (χ0) is 15.1. The molecule has 112 valence electrons. The minimum atomic E-state index is 0.0605. The van der Waals surface area contributed by atoms with Crippen molar-refractivity contribution in [2.45, 2.75) is 26.3 Å². The molecule has 0 saturated heterocycles. The third kappa shape index (κ3) is 4.12. The van der Waals surface area contributed by atoms with Crippen LogP contribution >= 0.6 is 0 Å². The molecule has 0 aliphatic carbocycles. The summed E-state index contributed by atoms with van der Waals surface area (Å²) in [7, 11) is 1.77. The number of para-hydroxylation sites is 1. The number of guanidine groups is 1. The second-order valence-electron chi connectivity index (χ2n) is 4.91. The third-order valence-electron chi connectivity index (χ3n) is 3.29. The standard InChI is InChI=1S/C17H23N3O/c1-4-5-8-11-19-17(18-3)20-13(2)16-12-14-9-6-7-10-15(14)21-16/h4-7,9-10,12-13H,8,11H2,1-3H3,(H2,18,19,20)/b5-4+. The molecule has 2 N–H and O–H groups in total. The van der Waals surface area contributed by atoms with E-state index in [-0.39, 0.29) is 6.04 Å². The van der Waals surface area contributed by atoms with Crippen LogP contribution in [0.3, 0.4) is 0 Å². The predicted molar refractivity (Wildman–Crippen MR) is 88.6 cm³/mol. The molecule has 4 heteroatoms. The SMILES string of the molecule is C/C=C/CCNC(=NC)NC(C)c1cc2ccccc2o1. The Bertz CT molecular complexity index is 595. The highest BCUT2D eigenvalue weighted by atomic mass is 16.3. The van der Waals surface area contributed by atoms with E-state index < -0.39 is 0 Å². The molecule has 0 saturated carbocycles. The molecule has 0 aliphatic rings. The maximum Gasteiger partial charge on any atom is 0.191 e. The van der Waals surface area contributed by atoms with E-state index in [1.807, 2.05) is 25.1 Å². The molecule has 2 aromatic rings. The first-order chi connectivity index (χ1) is 10.2. The average Bonchev–Trinajstić information content (AvgIpc) is 2.94. The normalized spacial score (nSPS) is 13.8. The van der Waals surface area contributed by atoms with E-state index in [1.165, 1.54) is 0 Å². The van der Waals surface area contributed by atoms with Gasteiger partial charge in [0.05, 0.1) is 6.04 Å². The van der Waals surface area contributed by atoms with Crippen LogP contribution in [-0.2, 0) is 0 Å². The number of hydrogen-bond donors (Lipinski definition) is 2. The molecule has 0 bridgehead atoms. The first kappa shape index (κ1) is 15.2. The first-order valence-corrected chi connectivity index (χ1v) is 7.31. The summed E-state index contributed by atoms with van der Waals surface area (Å²) in [5, 5.41) is 7.75. The van der Waals surface area contributed by atoms with Crippen molar-refractivity contribution in [3.05, 3.63) is 48.2 Å². The molecule has 2 rings (SSSR count). The van der Waals surface area contributed by atoms with Gasteiger partial charge in [0.25, 0.3) is 0 Å². The molecule has 1 aromatic heterocycles. The lowest BCUT2D eigenvalue weighted by molar-refractivity contribution is 0.488. The molecule has 1 unspecified atom stereocenters. The Balaban J connectivity index is 1.97. The number of benzene rings is 1. The smallest absolute Gasteiger partial charge is 0.191 e. The second kappa shape index (κ2) is 7.53. The van der Waals surface area contributed by atoms with Crippen molar-refractivity contribution in [1.82, 2.24) is 10.6 Å². The molecule has 1 aromatic carbocycles. The molecule has 0 radical (unpaired) electrons. The van der Waals surface area contributed by atoms with Crippen molar-refractivity contribution in [2.24, 2.45) is 4.99 Å². The number of nitrogens with one attached hydrogen (secondary N) is 2. The number of nitrogens with zero attached hydrogens (tertiary/aromatic N) is 1. The Morgan fingerprint density at radius 2 is 2.19 bits per heavy atom. The fourth-order valence-corrected chi connectivity index (χ4v) is 2.13. The first-order valence-electron chi connectivity index (χ1n) is 7.31. The Morgan fingerprint density at radius 1 is 1.38 bits per heavy atom. The quantitative estimate of drug-likeness (QED) is 0.382. The molecule has 1 heterocycles. The van der Waals surface area contributed by atoms with Crippen molar-refractivity contribution in [3.63, 3.8) is 0 Å². The van der Waals surface area contributed by atoms with E-state index in [1.54, 1.807) is 7.05 Å². The Labute approximate surface area is 125 Å². The van der Waals surface area contributed by atoms with Crippen LogP contribution in [0.4, 0.5) is 0 Å². The van der Waals surface area contributed by atoms with Gasteiger partial charge in [-0.05, 0) is 32.4 Å². The van der Waals surface area contributed by atoms with Crippen LogP contribution in [0, 0.1) is 0 Å². The van der Waals surface area contributed by atoms with E-state index in [2.05, 4.69) is 46.8 Å². The Hall–Kier alpha value is -2.23. The summed E-state index contributed by atoms with van der Waals surface area (Å²) >= 11 is 0. The maximum atomic E-state index is 5.86. The largest absolute Gasteiger partial charge is 0.459 e. The summed E-state index contributed by atoms with van der Waals surface area (Å²) in [5.74, 6) is 1.69. The van der Waals surface area contributed by atoms with E-state index in [0.717, 1.165) is 35.7 Å². The highest BCUT2D eigenvalue weighted by Gasteiger charge is 2.12. The van der Waals surface area contributed by atoms with Gasteiger partial charge in [-0.25, -0.2) is 0 Å². The highest BCUT2D eigenvalue weighted by molar-refractivity contribution is 5.81. The summed E-state index contributed by atoms with van der Waals surface area (Å²) < 4.78 is 5.86. The fourth-order valence-electron chi connectivity index (χ4n) is 2.13. The van der Waals surface area contributed by atoms with Gasteiger partial charge in [0.2, 0.25) is 0 Å². The molecular weight excluding hydrogens is 262 g/mol. The predicted octanol–water partition coefficient (Wildman–Crippen LogP) is 3.63. The van der Waals surface area contributed by atoms with Crippen molar-refractivity contribution >= 4 is 16.9 Å². The molecular formula is C17H23N3O. The number of furan rings is 1. The lowest BCUT2D eigenvalue weighted by atomic mass is 10.2. The van der Waals surface area contributed by atoms with Gasteiger partial charge in [-0.15, -0.1) is 0 Å². The van der Waals surface area contributed by atoms with E-state index in [9.17, 15) is 0 Å². The van der Waals surface area contributed by atoms with Crippen molar-refractivity contribution in [2.75, 3.05) is 13.6 Å². The maximum absolute atomic E-state index is 5.86. The van der Waals surface area contributed by atoms with E-state index in [0.29, 0.717) is 0 Å². The summed E-state index contributed by atoms with van der Waals surface area (Å²) in [6.07, 6.45) is 5.16. The molecule has 0 amide bonds. The topological polar surface area (TPSA) is 49.6 Å². The van der Waals surface area contributed by atoms with Crippen LogP contribution in [0.1, 0.15) is 32.1 Å². The van der Waals surface area contributed by atoms with Gasteiger partial charge in [-0.1, -0.05) is 30.4 Å². The van der Waals surface area contributed by atoms with Crippen LogP contribution in [0.5, 0.6) is 0 Å². The highest BCUT2D eigenvalue weighted by Crippen LogP contribution is 2.23. The van der Waals surface area contributed by atoms with Crippen LogP contribution < -0.4 is 10.6 Å². The molecule has 0 spiro atoms. The van der Waals surface area contributed by atoms with E-state index in [4.69, 9.17) is 4.42 Å². The molecule has 21 heavy (non-hydrogen) atoms. The lowest BCUT2D eigenvalue weighted by Gasteiger charge is -2.15. The van der Waals surface area contributed by atoms with Gasteiger partial charge in [-0.2, -0.15) is 0 Å². The van der Waals surface area contributed by atoms with Crippen LogP contribution in [0.15, 0.2) is 51.9 Å². The molecule has 0 fully saturated rings. The third-order valence-corrected chi connectivity index (χ3v) is 3.29. The minimum absolute atomic E-state index is 0.0605. The Morgan fingerprint density at radius 3 is 2.90 bits per heavy atom. The van der Waals surface area contributed by atoms with Gasteiger partial charge in [0.15, 0.2) is 5.96 Å². The fraction of sp³-hybridized carbons (Fsp3) is 0.353. The lowest BCUT2D eigenvalue weighted by Crippen LogP contribution is -2.38. The van der Waals surface area contributed by atoms with E-state index >= 15 is 0 Å². The summed E-state index contributed by atoms with van der Waals surface area (Å²) in [5.41, 5.74) is 0.914. The minimum Gasteiger partial charge on any atom is -0.459 e. The van der Waals surface area contributed by atoms with Crippen molar-refractivity contribution < 1.29 is 4.42 Å². The average molecular weight is 285 g/mol. The molecule has 1 atom stereocenters. The van der Waals surface area contributed by atoms with Gasteiger partial charge in [0.1, 0.15) is 11.3 Å².